The van der Waals surface area contributed by atoms with Crippen molar-refractivity contribution in [3.8, 4) is 0 Å². The highest BCUT2D eigenvalue weighted by Crippen LogP contribution is 2.30. The van der Waals surface area contributed by atoms with Crippen LogP contribution in [0.3, 0.4) is 0 Å². The number of hydrogen-bond donors (Lipinski definition) is 0. The van der Waals surface area contributed by atoms with E-state index in [0.717, 1.165) is 12.8 Å². The molecule has 144 valence electrons. The van der Waals surface area contributed by atoms with Gasteiger partial charge in [-0.1, -0.05) is 6.07 Å². The van der Waals surface area contributed by atoms with Crippen molar-refractivity contribution in [2.75, 3.05) is 31.1 Å². The number of carbonyl (C=O) groups excluding carboxylic acids is 1. The summed E-state index contributed by atoms with van der Waals surface area (Å²) in [7, 11) is 0. The molecule has 2 saturated heterocycles. The Kier molecular flexibility index (Phi) is 4.95. The van der Waals surface area contributed by atoms with Crippen LogP contribution in [0.2, 0.25) is 0 Å². The first-order chi connectivity index (χ1) is 13.0. The number of carbonyl (C=O) groups is 1. The maximum absolute atomic E-state index is 14.3. The number of rotatable bonds is 2. The van der Waals surface area contributed by atoms with Crippen LogP contribution in [0.4, 0.5) is 10.2 Å². The van der Waals surface area contributed by atoms with Crippen LogP contribution in [0.1, 0.15) is 26.7 Å². The number of morpholine rings is 1. The molecule has 0 bridgehead atoms. The van der Waals surface area contributed by atoms with Crippen molar-refractivity contribution in [1.29, 1.82) is 0 Å². The lowest BCUT2D eigenvalue weighted by Gasteiger charge is -2.39. The van der Waals surface area contributed by atoms with E-state index in [9.17, 15) is 9.18 Å². The summed E-state index contributed by atoms with van der Waals surface area (Å²) in [5.41, 5.74) is 0.606. The number of anilines is 1. The molecular formula is C20H25FN4O2. The first-order valence-electron chi connectivity index (χ1n) is 9.61. The Labute approximate surface area is 158 Å². The zero-order chi connectivity index (χ0) is 19.0. The molecule has 0 radical (unpaired) electrons. The minimum Gasteiger partial charge on any atom is -0.372 e. The van der Waals surface area contributed by atoms with Gasteiger partial charge >= 0.3 is 0 Å². The second-order valence-electron chi connectivity index (χ2n) is 7.59. The predicted octanol–water partition coefficient (Wildman–Crippen LogP) is 2.62. The van der Waals surface area contributed by atoms with Gasteiger partial charge in [0.1, 0.15) is 18.0 Å². The first-order valence-corrected chi connectivity index (χ1v) is 9.61. The van der Waals surface area contributed by atoms with Crippen LogP contribution in [-0.4, -0.2) is 59.2 Å². The molecule has 2 atom stereocenters. The van der Waals surface area contributed by atoms with E-state index in [2.05, 4.69) is 14.9 Å². The SMILES string of the molecule is C[C@@H]1CN(C(=O)C2CCN(c3ncnc4cccc(F)c34)CC2)C[C@@H](C)O1. The van der Waals surface area contributed by atoms with E-state index < -0.39 is 0 Å². The number of halogens is 1. The molecule has 3 heterocycles. The van der Waals surface area contributed by atoms with Gasteiger partial charge in [0, 0.05) is 32.1 Å². The van der Waals surface area contributed by atoms with E-state index in [1.807, 2.05) is 18.7 Å². The molecule has 6 nitrogen and oxygen atoms in total. The highest BCUT2D eigenvalue weighted by atomic mass is 19.1. The van der Waals surface area contributed by atoms with Crippen LogP contribution in [0, 0.1) is 11.7 Å². The highest BCUT2D eigenvalue weighted by Gasteiger charge is 2.33. The van der Waals surface area contributed by atoms with Gasteiger partial charge in [-0.05, 0) is 38.8 Å². The van der Waals surface area contributed by atoms with E-state index in [0.29, 0.717) is 42.9 Å². The quantitative estimate of drug-likeness (QED) is 0.811. The predicted molar refractivity (Wildman–Crippen MR) is 101 cm³/mol. The molecular weight excluding hydrogens is 347 g/mol. The van der Waals surface area contributed by atoms with E-state index in [1.54, 1.807) is 12.1 Å². The Morgan fingerprint density at radius 3 is 2.56 bits per heavy atom. The molecule has 2 aromatic rings. The third-order valence-electron chi connectivity index (χ3n) is 5.47. The molecule has 1 amide bonds. The minimum atomic E-state index is -0.308. The standard InChI is InChI=1S/C20H25FN4O2/c1-13-10-25(11-14(2)27-13)20(26)15-6-8-24(9-7-15)19-18-16(21)4-3-5-17(18)22-12-23-19/h3-5,12-15H,6-11H2,1-2H3/t13-,14-/m1/s1. The van der Waals surface area contributed by atoms with Gasteiger partial charge in [-0.2, -0.15) is 0 Å². The summed E-state index contributed by atoms with van der Waals surface area (Å²) in [6.07, 6.45) is 3.13. The van der Waals surface area contributed by atoms with Crippen LogP contribution >= 0.6 is 0 Å². The average molecular weight is 372 g/mol. The summed E-state index contributed by atoms with van der Waals surface area (Å²) in [5.74, 6) is 0.544. The van der Waals surface area contributed by atoms with Crippen molar-refractivity contribution in [3.05, 3.63) is 30.3 Å². The number of amides is 1. The molecule has 2 aliphatic rings. The van der Waals surface area contributed by atoms with Gasteiger partial charge in [-0.25, -0.2) is 14.4 Å². The van der Waals surface area contributed by atoms with Crippen molar-refractivity contribution >= 4 is 22.6 Å². The summed E-state index contributed by atoms with van der Waals surface area (Å²) in [5, 5.41) is 0.459. The molecule has 0 aliphatic carbocycles. The van der Waals surface area contributed by atoms with E-state index >= 15 is 0 Å². The van der Waals surface area contributed by atoms with Crippen LogP contribution in [-0.2, 0) is 9.53 Å². The minimum absolute atomic E-state index is 0.0108. The molecule has 0 spiro atoms. The summed E-state index contributed by atoms with van der Waals surface area (Å²) < 4.78 is 20.1. The summed E-state index contributed by atoms with van der Waals surface area (Å²) in [4.78, 5) is 25.4. The fourth-order valence-corrected chi connectivity index (χ4v) is 4.25. The monoisotopic (exact) mass is 372 g/mol. The molecule has 0 unspecified atom stereocenters. The molecule has 4 rings (SSSR count). The normalized spacial score (nSPS) is 24.4. The number of aromatic nitrogens is 2. The maximum atomic E-state index is 14.3. The van der Waals surface area contributed by atoms with E-state index in [1.165, 1.54) is 12.4 Å². The number of hydrogen-bond acceptors (Lipinski definition) is 5. The van der Waals surface area contributed by atoms with Crippen molar-refractivity contribution in [1.82, 2.24) is 14.9 Å². The van der Waals surface area contributed by atoms with Gasteiger partial charge in [0.05, 0.1) is 23.1 Å². The van der Waals surface area contributed by atoms with Gasteiger partial charge in [-0.3, -0.25) is 4.79 Å². The number of ether oxygens (including phenoxy) is 1. The zero-order valence-corrected chi connectivity index (χ0v) is 15.8. The summed E-state index contributed by atoms with van der Waals surface area (Å²) in [6, 6.07) is 4.89. The lowest BCUT2D eigenvalue weighted by Crippen LogP contribution is -2.51. The Morgan fingerprint density at radius 1 is 1.15 bits per heavy atom. The number of fused-ring (bicyclic) bond motifs is 1. The van der Waals surface area contributed by atoms with Gasteiger partial charge < -0.3 is 14.5 Å². The molecule has 2 aliphatic heterocycles. The third kappa shape index (κ3) is 3.60. The lowest BCUT2D eigenvalue weighted by atomic mass is 9.94. The largest absolute Gasteiger partial charge is 0.372 e. The Balaban J connectivity index is 1.46. The lowest BCUT2D eigenvalue weighted by molar-refractivity contribution is -0.148. The second-order valence-corrected chi connectivity index (χ2v) is 7.59. The van der Waals surface area contributed by atoms with Crippen LogP contribution in [0.15, 0.2) is 24.5 Å². The van der Waals surface area contributed by atoms with Gasteiger partial charge in [0.25, 0.3) is 0 Å². The van der Waals surface area contributed by atoms with Crippen molar-refractivity contribution in [3.63, 3.8) is 0 Å². The second kappa shape index (κ2) is 7.38. The topological polar surface area (TPSA) is 58.6 Å². The van der Waals surface area contributed by atoms with E-state index in [-0.39, 0.29) is 29.9 Å². The number of benzene rings is 1. The fourth-order valence-electron chi connectivity index (χ4n) is 4.25. The maximum Gasteiger partial charge on any atom is 0.225 e. The molecule has 1 aromatic carbocycles. The highest BCUT2D eigenvalue weighted by molar-refractivity contribution is 5.90. The van der Waals surface area contributed by atoms with E-state index in [4.69, 9.17) is 4.74 Å². The summed E-state index contributed by atoms with van der Waals surface area (Å²) in [6.45, 7) is 6.70. The average Bonchev–Trinajstić information content (AvgIpc) is 2.67. The molecule has 27 heavy (non-hydrogen) atoms. The molecule has 1 aromatic heterocycles. The van der Waals surface area contributed by atoms with Crippen LogP contribution in [0.25, 0.3) is 10.9 Å². The zero-order valence-electron chi connectivity index (χ0n) is 15.8. The molecule has 2 fully saturated rings. The van der Waals surface area contributed by atoms with Crippen LogP contribution in [0.5, 0.6) is 0 Å². The molecule has 7 heteroatoms. The smallest absolute Gasteiger partial charge is 0.225 e. The first kappa shape index (κ1) is 18.1. The van der Waals surface area contributed by atoms with Crippen molar-refractivity contribution in [2.45, 2.75) is 38.9 Å². The van der Waals surface area contributed by atoms with Crippen LogP contribution < -0.4 is 4.90 Å². The number of piperidine rings is 1. The molecule has 0 saturated carbocycles. The molecule has 0 N–H and O–H groups in total. The summed E-state index contributed by atoms with van der Waals surface area (Å²) >= 11 is 0. The Bertz CT molecular complexity index is 823. The third-order valence-corrected chi connectivity index (χ3v) is 5.47. The fraction of sp³-hybridized carbons (Fsp3) is 0.550. The van der Waals surface area contributed by atoms with Gasteiger partial charge in [0.15, 0.2) is 0 Å². The van der Waals surface area contributed by atoms with Gasteiger partial charge in [-0.15, -0.1) is 0 Å². The number of nitrogens with zero attached hydrogens (tertiary/aromatic N) is 4. The van der Waals surface area contributed by atoms with Crippen molar-refractivity contribution < 1.29 is 13.9 Å². The van der Waals surface area contributed by atoms with Gasteiger partial charge in [0.2, 0.25) is 5.91 Å². The Hall–Kier alpha value is -2.28. The Morgan fingerprint density at radius 2 is 1.85 bits per heavy atom. The van der Waals surface area contributed by atoms with Crippen molar-refractivity contribution in [2.24, 2.45) is 5.92 Å².